The van der Waals surface area contributed by atoms with E-state index in [9.17, 15) is 9.59 Å². The van der Waals surface area contributed by atoms with Crippen molar-refractivity contribution in [1.82, 2.24) is 20.8 Å². The maximum Gasteiger partial charge on any atom is 0.321 e. The lowest BCUT2D eigenvalue weighted by Crippen LogP contribution is -2.40. The highest BCUT2D eigenvalue weighted by Gasteiger charge is 2.13. The van der Waals surface area contributed by atoms with Crippen molar-refractivity contribution in [2.24, 2.45) is 0 Å². The van der Waals surface area contributed by atoms with Crippen LogP contribution in [0.1, 0.15) is 6.92 Å². The molecule has 0 atom stereocenters. The van der Waals surface area contributed by atoms with Gasteiger partial charge >= 0.3 is 6.03 Å². The van der Waals surface area contributed by atoms with E-state index >= 15 is 0 Å². The third kappa shape index (κ3) is 4.57. The van der Waals surface area contributed by atoms with Gasteiger partial charge in [0, 0.05) is 11.0 Å². The molecule has 0 spiro atoms. The topological polar surface area (TPSA) is 97.1 Å². The van der Waals surface area contributed by atoms with E-state index in [0.29, 0.717) is 12.4 Å². The average Bonchev–Trinajstić information content (AvgIpc) is 2.94. The molecular weight excluding hydrogens is 372 g/mol. The molecule has 0 aliphatic heterocycles. The van der Waals surface area contributed by atoms with Crippen molar-refractivity contribution in [1.29, 1.82) is 0 Å². The van der Waals surface area contributed by atoms with Crippen LogP contribution >= 0.6 is 27.7 Å². The van der Waals surface area contributed by atoms with Crippen molar-refractivity contribution < 1.29 is 14.0 Å². The number of hydrogen-bond donors (Lipinski definition) is 2. The van der Waals surface area contributed by atoms with Gasteiger partial charge in [-0.15, -0.1) is 10.2 Å². The van der Waals surface area contributed by atoms with E-state index in [1.54, 1.807) is 6.92 Å². The average molecular weight is 385 g/mol. The van der Waals surface area contributed by atoms with E-state index in [4.69, 9.17) is 4.42 Å². The van der Waals surface area contributed by atoms with Crippen LogP contribution in [-0.2, 0) is 4.79 Å². The Kier molecular flexibility index (Phi) is 5.96. The summed E-state index contributed by atoms with van der Waals surface area (Å²) in [6.07, 6.45) is 0. The number of nitrogens with one attached hydrogen (secondary N) is 2. The normalized spacial score (nSPS) is 10.3. The zero-order chi connectivity index (χ0) is 15.9. The second-order valence-corrected chi connectivity index (χ2v) is 5.83. The molecule has 0 bridgehead atoms. The van der Waals surface area contributed by atoms with Crippen LogP contribution in [0.3, 0.4) is 0 Å². The van der Waals surface area contributed by atoms with Gasteiger partial charge in [-0.1, -0.05) is 23.9 Å². The zero-order valence-corrected chi connectivity index (χ0v) is 14.0. The van der Waals surface area contributed by atoms with Crippen LogP contribution in [0.5, 0.6) is 0 Å². The molecular formula is C13H13BrN4O3S. The van der Waals surface area contributed by atoms with E-state index < -0.39 is 11.9 Å². The van der Waals surface area contributed by atoms with Crippen LogP contribution in [-0.4, -0.2) is 34.4 Å². The van der Waals surface area contributed by atoms with E-state index in [0.717, 1.165) is 21.8 Å². The maximum atomic E-state index is 11.5. The van der Waals surface area contributed by atoms with Crippen molar-refractivity contribution in [3.05, 3.63) is 28.7 Å². The van der Waals surface area contributed by atoms with Crippen molar-refractivity contribution in [2.45, 2.75) is 12.1 Å². The SMILES string of the molecule is CCNC(=O)NC(=O)CSc1nnc(-c2ccccc2Br)o1. The van der Waals surface area contributed by atoms with Gasteiger partial charge in [-0.3, -0.25) is 10.1 Å². The summed E-state index contributed by atoms with van der Waals surface area (Å²) in [5.41, 5.74) is 0.772. The Morgan fingerprint density at radius 1 is 1.32 bits per heavy atom. The molecule has 0 radical (unpaired) electrons. The Morgan fingerprint density at radius 3 is 2.82 bits per heavy atom. The molecule has 2 rings (SSSR count). The van der Waals surface area contributed by atoms with Crippen LogP contribution in [0.4, 0.5) is 4.79 Å². The van der Waals surface area contributed by atoms with Crippen molar-refractivity contribution in [2.75, 3.05) is 12.3 Å². The molecule has 9 heteroatoms. The Hall–Kier alpha value is -1.87. The summed E-state index contributed by atoms with van der Waals surface area (Å²) in [6, 6.07) is 6.93. The van der Waals surface area contributed by atoms with Crippen molar-refractivity contribution in [3.8, 4) is 11.5 Å². The molecule has 0 fully saturated rings. The predicted octanol–water partition coefficient (Wildman–Crippen LogP) is 2.44. The van der Waals surface area contributed by atoms with Crippen LogP contribution < -0.4 is 10.6 Å². The van der Waals surface area contributed by atoms with Gasteiger partial charge in [-0.05, 0) is 35.0 Å². The Labute approximate surface area is 139 Å². The first kappa shape index (κ1) is 16.5. The molecule has 1 aromatic carbocycles. The van der Waals surface area contributed by atoms with Crippen molar-refractivity contribution >= 4 is 39.6 Å². The number of hydrogen-bond acceptors (Lipinski definition) is 6. The molecule has 116 valence electrons. The third-order valence-corrected chi connectivity index (χ3v) is 3.94. The highest BCUT2D eigenvalue weighted by molar-refractivity contribution is 9.10. The highest BCUT2D eigenvalue weighted by atomic mass is 79.9. The molecule has 0 aliphatic carbocycles. The molecule has 3 amide bonds. The van der Waals surface area contributed by atoms with E-state index in [1.165, 1.54) is 0 Å². The Bertz CT molecular complexity index is 677. The number of nitrogens with zero attached hydrogens (tertiary/aromatic N) is 2. The lowest BCUT2D eigenvalue weighted by Gasteiger charge is -2.02. The van der Waals surface area contributed by atoms with Gasteiger partial charge in [-0.2, -0.15) is 0 Å². The molecule has 22 heavy (non-hydrogen) atoms. The summed E-state index contributed by atoms with van der Waals surface area (Å²) in [5, 5.41) is 12.7. The number of rotatable bonds is 5. The summed E-state index contributed by atoms with van der Waals surface area (Å²) in [7, 11) is 0. The Balaban J connectivity index is 1.92. The van der Waals surface area contributed by atoms with Crippen LogP contribution in [0.25, 0.3) is 11.5 Å². The van der Waals surface area contributed by atoms with Gasteiger partial charge in [-0.25, -0.2) is 4.79 Å². The number of benzene rings is 1. The minimum Gasteiger partial charge on any atom is -0.411 e. The van der Waals surface area contributed by atoms with Gasteiger partial charge in [0.2, 0.25) is 11.8 Å². The second-order valence-electron chi connectivity index (χ2n) is 4.05. The molecule has 7 nitrogen and oxygen atoms in total. The number of carbonyl (C=O) groups excluding carboxylic acids is 2. The summed E-state index contributed by atoms with van der Waals surface area (Å²) in [4.78, 5) is 22.7. The van der Waals surface area contributed by atoms with Crippen molar-refractivity contribution in [3.63, 3.8) is 0 Å². The molecule has 2 aromatic rings. The first-order chi connectivity index (χ1) is 10.6. The predicted molar refractivity (Wildman–Crippen MR) is 85.4 cm³/mol. The number of halogens is 1. The third-order valence-electron chi connectivity index (χ3n) is 2.43. The zero-order valence-electron chi connectivity index (χ0n) is 11.6. The van der Waals surface area contributed by atoms with Gasteiger partial charge in [0.25, 0.3) is 5.22 Å². The largest absolute Gasteiger partial charge is 0.411 e. The maximum absolute atomic E-state index is 11.5. The standard InChI is InChI=1S/C13H13BrN4O3S/c1-2-15-12(20)16-10(19)7-22-13-18-17-11(21-13)8-5-3-4-6-9(8)14/h3-6H,2,7H2,1H3,(H2,15,16,19,20). The fourth-order valence-electron chi connectivity index (χ4n) is 1.51. The highest BCUT2D eigenvalue weighted by Crippen LogP contribution is 2.28. The number of urea groups is 1. The molecule has 1 aromatic heterocycles. The molecule has 0 saturated carbocycles. The number of thioether (sulfide) groups is 1. The number of amides is 3. The van der Waals surface area contributed by atoms with Crippen LogP contribution in [0, 0.1) is 0 Å². The van der Waals surface area contributed by atoms with E-state index in [2.05, 4.69) is 36.8 Å². The number of carbonyl (C=O) groups is 2. The molecule has 0 unspecified atom stereocenters. The number of aromatic nitrogens is 2. The van der Waals surface area contributed by atoms with Gasteiger partial charge in [0.1, 0.15) is 0 Å². The summed E-state index contributed by atoms with van der Waals surface area (Å²) >= 11 is 4.47. The molecule has 2 N–H and O–H groups in total. The first-order valence-electron chi connectivity index (χ1n) is 6.39. The summed E-state index contributed by atoms with van der Waals surface area (Å²) in [5.74, 6) is -0.0648. The monoisotopic (exact) mass is 384 g/mol. The van der Waals surface area contributed by atoms with Gasteiger partial charge in [0.15, 0.2) is 0 Å². The molecule has 0 saturated heterocycles. The van der Waals surface area contributed by atoms with E-state index in [1.807, 2.05) is 24.3 Å². The van der Waals surface area contributed by atoms with Crippen LogP contribution in [0.2, 0.25) is 0 Å². The van der Waals surface area contributed by atoms with Crippen LogP contribution in [0.15, 0.2) is 38.4 Å². The number of imide groups is 1. The lowest BCUT2D eigenvalue weighted by molar-refractivity contribution is -0.117. The summed E-state index contributed by atoms with van der Waals surface area (Å²) in [6.45, 7) is 2.21. The molecule has 0 aliphatic rings. The van der Waals surface area contributed by atoms with Gasteiger partial charge in [0.05, 0.1) is 11.3 Å². The quantitative estimate of drug-likeness (QED) is 0.768. The lowest BCUT2D eigenvalue weighted by atomic mass is 10.2. The second kappa shape index (κ2) is 7.95. The Morgan fingerprint density at radius 2 is 2.09 bits per heavy atom. The fourth-order valence-corrected chi connectivity index (χ4v) is 2.52. The summed E-state index contributed by atoms with van der Waals surface area (Å²) < 4.78 is 6.32. The molecule has 1 heterocycles. The minimum atomic E-state index is -0.521. The first-order valence-corrected chi connectivity index (χ1v) is 8.17. The fraction of sp³-hybridized carbons (Fsp3) is 0.231. The van der Waals surface area contributed by atoms with Gasteiger partial charge < -0.3 is 9.73 Å². The smallest absolute Gasteiger partial charge is 0.321 e. The minimum absolute atomic E-state index is 0.00866. The van der Waals surface area contributed by atoms with E-state index in [-0.39, 0.29) is 11.0 Å².